The maximum Gasteiger partial charge on any atom is 0.230 e. The number of allylic oxidation sites excluding steroid dienone is 1. The Morgan fingerprint density at radius 3 is 2.58 bits per heavy atom. The van der Waals surface area contributed by atoms with E-state index in [0.717, 1.165) is 61.1 Å². The Balaban J connectivity index is 1.50. The van der Waals surface area contributed by atoms with Crippen LogP contribution in [0.25, 0.3) is 0 Å². The summed E-state index contributed by atoms with van der Waals surface area (Å²) in [5, 5.41) is 24.8. The first-order valence-corrected chi connectivity index (χ1v) is 19.7. The van der Waals surface area contributed by atoms with Gasteiger partial charge >= 0.3 is 0 Å². The number of hydrogen-bond acceptors (Lipinski definition) is 8. The first-order chi connectivity index (χ1) is 24.5. The lowest BCUT2D eigenvalue weighted by Crippen LogP contribution is -2.64. The maximum atomic E-state index is 14.6. The SMILES string of the molecule is C=CCO[C@@]12Oc3ccc(OCc4ccccc4F)cc3[C@H]3[C@H](CCCCO)[C@@H](CCCCO)C=C(C(=NOCC)C[C@@H]1SC1CCCC1)[C@H]32. The van der Waals surface area contributed by atoms with E-state index in [1.807, 2.05) is 43.0 Å². The minimum Gasteiger partial charge on any atom is -0.489 e. The van der Waals surface area contributed by atoms with Gasteiger partial charge in [-0.05, 0) is 87.1 Å². The highest BCUT2D eigenvalue weighted by atomic mass is 32.2. The third-order valence-corrected chi connectivity index (χ3v) is 12.6. The van der Waals surface area contributed by atoms with E-state index < -0.39 is 5.79 Å². The average Bonchev–Trinajstić information content (AvgIpc) is 3.65. The number of benzene rings is 2. The zero-order valence-corrected chi connectivity index (χ0v) is 30.3. The molecule has 50 heavy (non-hydrogen) atoms. The number of unbranched alkanes of at least 4 members (excludes halogenated alkanes) is 2. The minimum absolute atomic E-state index is 0.00259. The van der Waals surface area contributed by atoms with Gasteiger partial charge in [0.2, 0.25) is 5.79 Å². The van der Waals surface area contributed by atoms with Gasteiger partial charge < -0.3 is 29.3 Å². The first kappa shape index (κ1) is 36.9. The molecule has 0 amide bonds. The van der Waals surface area contributed by atoms with Crippen LogP contribution in [0.2, 0.25) is 0 Å². The van der Waals surface area contributed by atoms with Gasteiger partial charge in [-0.3, -0.25) is 0 Å². The van der Waals surface area contributed by atoms with Crippen molar-refractivity contribution in [1.82, 2.24) is 0 Å². The summed E-state index contributed by atoms with van der Waals surface area (Å²) in [5.74, 6) is 0.461. The van der Waals surface area contributed by atoms with E-state index in [2.05, 4.69) is 18.7 Å². The van der Waals surface area contributed by atoms with Crippen molar-refractivity contribution in [3.8, 4) is 11.5 Å². The lowest BCUT2D eigenvalue weighted by atomic mass is 9.56. The van der Waals surface area contributed by atoms with E-state index in [4.69, 9.17) is 24.2 Å². The van der Waals surface area contributed by atoms with Crippen LogP contribution in [0.4, 0.5) is 4.39 Å². The molecular weight excluding hydrogens is 654 g/mol. The van der Waals surface area contributed by atoms with Crippen LogP contribution in [-0.4, -0.2) is 58.6 Å². The summed E-state index contributed by atoms with van der Waals surface area (Å²) < 4.78 is 35.1. The number of ether oxygens (including phenoxy) is 3. The normalized spacial score (nSPS) is 28.0. The number of fused-ring (bicyclic) bond motifs is 2. The molecule has 0 unspecified atom stereocenters. The molecule has 0 bridgehead atoms. The average molecular weight is 708 g/mol. The van der Waals surface area contributed by atoms with Crippen molar-refractivity contribution in [2.24, 2.45) is 22.9 Å². The second-order valence-electron chi connectivity index (χ2n) is 14.1. The Hall–Kier alpha value is -2.85. The minimum atomic E-state index is -0.961. The molecule has 272 valence electrons. The van der Waals surface area contributed by atoms with Gasteiger partial charge in [0.25, 0.3) is 0 Å². The molecule has 2 fully saturated rings. The van der Waals surface area contributed by atoms with Crippen molar-refractivity contribution in [3.05, 3.63) is 83.7 Å². The summed E-state index contributed by atoms with van der Waals surface area (Å²) in [5.41, 5.74) is 3.66. The van der Waals surface area contributed by atoms with Crippen molar-refractivity contribution in [2.45, 2.75) is 106 Å². The van der Waals surface area contributed by atoms with Gasteiger partial charge in [0, 0.05) is 41.9 Å². The number of halogens is 1. The second-order valence-corrected chi connectivity index (χ2v) is 15.6. The number of aliphatic hydroxyl groups excluding tert-OH is 2. The van der Waals surface area contributed by atoms with Crippen LogP contribution in [0.15, 0.2) is 71.9 Å². The summed E-state index contributed by atoms with van der Waals surface area (Å²) in [6, 6.07) is 12.7. The molecule has 2 aromatic rings. The molecule has 0 radical (unpaired) electrons. The van der Waals surface area contributed by atoms with Crippen molar-refractivity contribution < 1.29 is 33.7 Å². The zero-order chi connectivity index (χ0) is 34.9. The Morgan fingerprint density at radius 2 is 1.84 bits per heavy atom. The molecule has 7 nitrogen and oxygen atoms in total. The Bertz CT molecular complexity index is 1490. The zero-order valence-electron chi connectivity index (χ0n) is 29.4. The van der Waals surface area contributed by atoms with E-state index in [1.165, 1.54) is 31.7 Å². The molecule has 9 heteroatoms. The van der Waals surface area contributed by atoms with Gasteiger partial charge in [0.05, 0.1) is 23.5 Å². The molecule has 3 aliphatic carbocycles. The van der Waals surface area contributed by atoms with Crippen molar-refractivity contribution >= 4 is 17.5 Å². The topological polar surface area (TPSA) is 89.7 Å². The lowest BCUT2D eigenvalue weighted by Gasteiger charge is -2.58. The standard InChI is InChI=1S/C41H54FNO6S/c1-3-23-47-41-38(50-31-15-6-7-16-31)26-36(43-48-4-2)33-24-28(13-9-11-21-44)32(17-10-12-22-45)39(40(33)41)34-25-30(19-20-37(34)49-41)46-27-29-14-5-8-18-35(29)42/h3,5,8,14,18-20,24-25,28,31-32,38-40,44-45H,1,4,6-7,9-13,15-17,21-23,26-27H2,2H3/t28-,32+,38-,39+,40+,41+/m0/s1. The lowest BCUT2D eigenvalue weighted by molar-refractivity contribution is -0.223. The molecule has 6 atom stereocenters. The van der Waals surface area contributed by atoms with Crippen molar-refractivity contribution in [1.29, 1.82) is 0 Å². The molecule has 1 heterocycles. The largest absolute Gasteiger partial charge is 0.489 e. The fourth-order valence-corrected chi connectivity index (χ4v) is 10.5. The van der Waals surface area contributed by atoms with Gasteiger partial charge in [-0.1, -0.05) is 61.2 Å². The van der Waals surface area contributed by atoms with Gasteiger partial charge in [0.15, 0.2) is 0 Å². The van der Waals surface area contributed by atoms with E-state index in [0.29, 0.717) is 36.2 Å². The van der Waals surface area contributed by atoms with Gasteiger partial charge in [-0.15, -0.1) is 18.3 Å². The number of nitrogens with zero attached hydrogens (tertiary/aromatic N) is 1. The van der Waals surface area contributed by atoms with E-state index in [-0.39, 0.29) is 54.6 Å². The molecule has 0 aromatic heterocycles. The second kappa shape index (κ2) is 17.6. The van der Waals surface area contributed by atoms with Gasteiger partial charge in [-0.25, -0.2) is 4.39 Å². The Labute approximate surface area is 301 Å². The third kappa shape index (κ3) is 7.96. The quantitative estimate of drug-likeness (QED) is 0.0910. The Kier molecular flexibility index (Phi) is 13.0. The van der Waals surface area contributed by atoms with Crippen LogP contribution in [0.3, 0.4) is 0 Å². The van der Waals surface area contributed by atoms with E-state index >= 15 is 0 Å². The molecule has 0 spiro atoms. The predicted octanol–water partition coefficient (Wildman–Crippen LogP) is 8.73. The summed E-state index contributed by atoms with van der Waals surface area (Å²) in [4.78, 5) is 5.82. The highest BCUT2D eigenvalue weighted by Gasteiger charge is 2.64. The summed E-state index contributed by atoms with van der Waals surface area (Å²) in [7, 11) is 0. The number of thioether (sulfide) groups is 1. The molecule has 2 saturated carbocycles. The van der Waals surface area contributed by atoms with Crippen molar-refractivity contribution in [3.63, 3.8) is 0 Å². The molecule has 6 rings (SSSR count). The van der Waals surface area contributed by atoms with Gasteiger partial charge in [-0.2, -0.15) is 0 Å². The molecule has 0 saturated heterocycles. The fourth-order valence-electron chi connectivity index (χ4n) is 8.71. The number of rotatable bonds is 18. The molecule has 2 aromatic carbocycles. The monoisotopic (exact) mass is 707 g/mol. The van der Waals surface area contributed by atoms with Crippen LogP contribution in [-0.2, 0) is 16.2 Å². The van der Waals surface area contributed by atoms with Crippen LogP contribution >= 0.6 is 11.8 Å². The molecular formula is C41H54FNO6S. The van der Waals surface area contributed by atoms with Crippen LogP contribution in [0.5, 0.6) is 11.5 Å². The summed E-state index contributed by atoms with van der Waals surface area (Å²) >= 11 is 2.00. The molecule has 1 aliphatic heterocycles. The number of aliphatic hydroxyl groups is 2. The maximum absolute atomic E-state index is 14.6. The van der Waals surface area contributed by atoms with Crippen LogP contribution in [0.1, 0.15) is 94.6 Å². The number of oxime groups is 1. The first-order valence-electron chi connectivity index (χ1n) is 18.7. The van der Waals surface area contributed by atoms with Crippen LogP contribution < -0.4 is 9.47 Å². The number of hydrogen-bond donors (Lipinski definition) is 2. The molecule has 2 N–H and O–H groups in total. The molecule has 4 aliphatic rings. The van der Waals surface area contributed by atoms with Crippen LogP contribution in [0, 0.1) is 23.6 Å². The summed E-state index contributed by atoms with van der Waals surface area (Å²) in [6.07, 6.45) is 14.9. The van der Waals surface area contributed by atoms with E-state index in [1.54, 1.807) is 12.1 Å². The fraction of sp³-hybridized carbons (Fsp3) is 0.585. The highest BCUT2D eigenvalue weighted by molar-refractivity contribution is 8.00. The predicted molar refractivity (Wildman–Crippen MR) is 197 cm³/mol. The highest BCUT2D eigenvalue weighted by Crippen LogP contribution is 2.63. The van der Waals surface area contributed by atoms with E-state index in [9.17, 15) is 14.6 Å². The Morgan fingerprint density at radius 1 is 1.06 bits per heavy atom. The van der Waals surface area contributed by atoms with Crippen molar-refractivity contribution in [2.75, 3.05) is 26.4 Å². The summed E-state index contributed by atoms with van der Waals surface area (Å²) in [6.45, 7) is 7.26. The smallest absolute Gasteiger partial charge is 0.230 e. The van der Waals surface area contributed by atoms with Gasteiger partial charge in [0.1, 0.15) is 30.5 Å². The third-order valence-electron chi connectivity index (χ3n) is 10.9.